The Labute approximate surface area is 128 Å². The quantitative estimate of drug-likeness (QED) is 0.691. The minimum atomic E-state index is 0.0506. The van der Waals surface area contributed by atoms with Gasteiger partial charge in [0, 0.05) is 28.9 Å². The van der Waals surface area contributed by atoms with Crippen LogP contribution in [0.5, 0.6) is 5.75 Å². The highest BCUT2D eigenvalue weighted by molar-refractivity contribution is 5.98. The molecule has 0 amide bonds. The molecule has 0 unspecified atom stereocenters. The zero-order chi connectivity index (χ0) is 15.7. The van der Waals surface area contributed by atoms with Crippen molar-refractivity contribution in [3.8, 4) is 17.5 Å². The van der Waals surface area contributed by atoms with Gasteiger partial charge < -0.3 is 9.30 Å². The number of Topliss-reactive ketones (excluding diaryl/α,β-unsaturated/α-hetero) is 1. The molecule has 0 aliphatic heterocycles. The average molecular weight is 290 g/mol. The number of carbonyl (C=O) groups excluding carboxylic acids is 1. The Kier molecular flexibility index (Phi) is 3.40. The number of ether oxygens (including phenoxy) is 1. The minimum Gasteiger partial charge on any atom is -0.495 e. The van der Waals surface area contributed by atoms with Crippen molar-refractivity contribution in [2.45, 2.75) is 6.92 Å². The first-order valence-electron chi connectivity index (χ1n) is 6.84. The van der Waals surface area contributed by atoms with Crippen molar-refractivity contribution in [3.63, 3.8) is 0 Å². The third-order valence-corrected chi connectivity index (χ3v) is 3.68. The SMILES string of the molecule is COc1cc(-n2ccc3cc(C(C)=O)ccc32)ccc1C#N. The van der Waals surface area contributed by atoms with Gasteiger partial charge in [0.1, 0.15) is 11.8 Å². The summed E-state index contributed by atoms with van der Waals surface area (Å²) in [6, 6.07) is 15.1. The van der Waals surface area contributed by atoms with Crippen LogP contribution in [0.1, 0.15) is 22.8 Å². The summed E-state index contributed by atoms with van der Waals surface area (Å²) >= 11 is 0. The van der Waals surface area contributed by atoms with Crippen LogP contribution in [0.2, 0.25) is 0 Å². The van der Waals surface area contributed by atoms with Crippen molar-refractivity contribution in [2.75, 3.05) is 7.11 Å². The number of fused-ring (bicyclic) bond motifs is 1. The molecule has 0 saturated carbocycles. The molecule has 1 heterocycles. The number of ketones is 1. The van der Waals surface area contributed by atoms with Gasteiger partial charge in [0.2, 0.25) is 0 Å². The molecule has 0 fully saturated rings. The molecule has 2 aromatic carbocycles. The Balaban J connectivity index is 2.15. The molecule has 4 nitrogen and oxygen atoms in total. The van der Waals surface area contributed by atoms with E-state index in [4.69, 9.17) is 10.00 Å². The van der Waals surface area contributed by atoms with Crippen LogP contribution >= 0.6 is 0 Å². The van der Waals surface area contributed by atoms with E-state index in [-0.39, 0.29) is 5.78 Å². The molecule has 3 rings (SSSR count). The standard InChI is InChI=1S/C18H14N2O2/c1-12(21)13-4-6-17-14(9-13)7-8-20(17)16-5-3-15(11-19)18(10-16)22-2/h3-10H,1-2H3. The largest absolute Gasteiger partial charge is 0.495 e. The second-order valence-electron chi connectivity index (χ2n) is 5.01. The summed E-state index contributed by atoms with van der Waals surface area (Å²) in [5, 5.41) is 10.1. The van der Waals surface area contributed by atoms with Gasteiger partial charge in [-0.2, -0.15) is 5.26 Å². The fourth-order valence-corrected chi connectivity index (χ4v) is 2.51. The van der Waals surface area contributed by atoms with Crippen molar-refractivity contribution < 1.29 is 9.53 Å². The molecule has 0 radical (unpaired) electrons. The maximum atomic E-state index is 11.5. The van der Waals surface area contributed by atoms with Crippen molar-refractivity contribution in [2.24, 2.45) is 0 Å². The Hall–Kier alpha value is -3.06. The number of carbonyl (C=O) groups is 1. The Morgan fingerprint density at radius 3 is 2.68 bits per heavy atom. The van der Waals surface area contributed by atoms with E-state index < -0.39 is 0 Å². The first kappa shape index (κ1) is 13.9. The molecule has 108 valence electrons. The van der Waals surface area contributed by atoms with E-state index in [1.807, 2.05) is 47.2 Å². The normalized spacial score (nSPS) is 10.4. The Morgan fingerprint density at radius 2 is 2.00 bits per heavy atom. The molecular weight excluding hydrogens is 276 g/mol. The smallest absolute Gasteiger partial charge is 0.159 e. The predicted octanol–water partition coefficient (Wildman–Crippen LogP) is 3.71. The van der Waals surface area contributed by atoms with Crippen LogP contribution < -0.4 is 4.74 Å². The highest BCUT2D eigenvalue weighted by Crippen LogP contribution is 2.26. The van der Waals surface area contributed by atoms with E-state index in [9.17, 15) is 4.79 Å². The number of aromatic nitrogens is 1. The second-order valence-corrected chi connectivity index (χ2v) is 5.01. The van der Waals surface area contributed by atoms with Crippen LogP contribution in [0.3, 0.4) is 0 Å². The predicted molar refractivity (Wildman–Crippen MR) is 84.5 cm³/mol. The van der Waals surface area contributed by atoms with E-state index in [2.05, 4.69) is 6.07 Å². The van der Waals surface area contributed by atoms with Crippen molar-refractivity contribution in [1.29, 1.82) is 5.26 Å². The number of methoxy groups -OCH3 is 1. The third-order valence-electron chi connectivity index (χ3n) is 3.68. The van der Waals surface area contributed by atoms with Gasteiger partial charge in [0.05, 0.1) is 18.2 Å². The molecular formula is C18H14N2O2. The molecule has 0 atom stereocenters. The fraction of sp³-hybridized carbons (Fsp3) is 0.111. The van der Waals surface area contributed by atoms with E-state index in [1.54, 1.807) is 20.1 Å². The summed E-state index contributed by atoms with van der Waals surface area (Å²) in [6.45, 7) is 1.56. The molecule has 1 aromatic heterocycles. The number of nitrogens with zero attached hydrogens (tertiary/aromatic N) is 2. The van der Waals surface area contributed by atoms with E-state index in [0.29, 0.717) is 16.9 Å². The van der Waals surface area contributed by atoms with Gasteiger partial charge in [-0.15, -0.1) is 0 Å². The minimum absolute atomic E-state index is 0.0506. The lowest BCUT2D eigenvalue weighted by atomic mass is 10.1. The molecule has 0 N–H and O–H groups in total. The van der Waals surface area contributed by atoms with Crippen LogP contribution in [0, 0.1) is 11.3 Å². The maximum Gasteiger partial charge on any atom is 0.159 e. The summed E-state index contributed by atoms with van der Waals surface area (Å²) in [5.74, 6) is 0.594. The summed E-state index contributed by atoms with van der Waals surface area (Å²) < 4.78 is 7.26. The number of benzene rings is 2. The van der Waals surface area contributed by atoms with Crippen LogP contribution in [0.15, 0.2) is 48.7 Å². The van der Waals surface area contributed by atoms with Crippen LogP contribution in [0.4, 0.5) is 0 Å². The number of hydrogen-bond donors (Lipinski definition) is 0. The van der Waals surface area contributed by atoms with Crippen LogP contribution in [-0.4, -0.2) is 17.5 Å². The Morgan fingerprint density at radius 1 is 1.18 bits per heavy atom. The number of nitriles is 1. The van der Waals surface area contributed by atoms with Gasteiger partial charge in [0.25, 0.3) is 0 Å². The van der Waals surface area contributed by atoms with Gasteiger partial charge in [-0.1, -0.05) is 0 Å². The summed E-state index contributed by atoms with van der Waals surface area (Å²) in [4.78, 5) is 11.5. The van der Waals surface area contributed by atoms with Crippen molar-refractivity contribution >= 4 is 16.7 Å². The van der Waals surface area contributed by atoms with Gasteiger partial charge >= 0.3 is 0 Å². The second kappa shape index (κ2) is 5.38. The molecule has 3 aromatic rings. The molecule has 0 spiro atoms. The molecule has 0 aliphatic rings. The van der Waals surface area contributed by atoms with Gasteiger partial charge in [-0.25, -0.2) is 0 Å². The molecule has 0 aliphatic carbocycles. The lowest BCUT2D eigenvalue weighted by Crippen LogP contribution is -1.96. The van der Waals surface area contributed by atoms with Gasteiger partial charge in [-0.05, 0) is 43.3 Å². The van der Waals surface area contributed by atoms with Gasteiger partial charge in [0.15, 0.2) is 5.78 Å². The Bertz CT molecular complexity index is 916. The van der Waals surface area contributed by atoms with E-state index in [0.717, 1.165) is 16.6 Å². The zero-order valence-corrected chi connectivity index (χ0v) is 12.3. The monoisotopic (exact) mass is 290 g/mol. The first-order chi connectivity index (χ1) is 10.6. The fourth-order valence-electron chi connectivity index (χ4n) is 2.51. The molecule has 22 heavy (non-hydrogen) atoms. The molecule has 4 heteroatoms. The zero-order valence-electron chi connectivity index (χ0n) is 12.3. The lowest BCUT2D eigenvalue weighted by Gasteiger charge is -2.09. The number of rotatable bonds is 3. The maximum absolute atomic E-state index is 11.5. The van der Waals surface area contributed by atoms with Crippen LogP contribution in [-0.2, 0) is 0 Å². The van der Waals surface area contributed by atoms with Crippen molar-refractivity contribution in [1.82, 2.24) is 4.57 Å². The highest BCUT2D eigenvalue weighted by atomic mass is 16.5. The summed E-state index contributed by atoms with van der Waals surface area (Å²) in [6.07, 6.45) is 1.94. The van der Waals surface area contributed by atoms with Crippen LogP contribution in [0.25, 0.3) is 16.6 Å². The van der Waals surface area contributed by atoms with E-state index in [1.165, 1.54) is 0 Å². The average Bonchev–Trinajstić information content (AvgIpc) is 2.97. The topological polar surface area (TPSA) is 55.0 Å². The number of hydrogen-bond acceptors (Lipinski definition) is 3. The molecule has 0 saturated heterocycles. The summed E-state index contributed by atoms with van der Waals surface area (Å²) in [5.41, 5.74) is 3.10. The van der Waals surface area contributed by atoms with Crippen molar-refractivity contribution in [3.05, 3.63) is 59.8 Å². The van der Waals surface area contributed by atoms with Gasteiger partial charge in [-0.3, -0.25) is 4.79 Å². The molecule has 0 bridgehead atoms. The lowest BCUT2D eigenvalue weighted by molar-refractivity contribution is 0.101. The first-order valence-corrected chi connectivity index (χ1v) is 6.84. The third kappa shape index (κ3) is 2.23. The summed E-state index contributed by atoms with van der Waals surface area (Å²) in [7, 11) is 1.55. The van der Waals surface area contributed by atoms with E-state index >= 15 is 0 Å². The highest BCUT2D eigenvalue weighted by Gasteiger charge is 2.09.